The minimum absolute atomic E-state index is 0.308. The van der Waals surface area contributed by atoms with Gasteiger partial charge in [0.05, 0.1) is 12.7 Å². The van der Waals surface area contributed by atoms with E-state index in [0.29, 0.717) is 17.1 Å². The number of aromatic amines is 1. The third-order valence-electron chi connectivity index (χ3n) is 1.91. The van der Waals surface area contributed by atoms with E-state index >= 15 is 0 Å². The van der Waals surface area contributed by atoms with Crippen molar-refractivity contribution < 1.29 is 9.13 Å². The molecule has 0 atom stereocenters. The number of hydrogen-bond acceptors (Lipinski definition) is 2. The van der Waals surface area contributed by atoms with Crippen molar-refractivity contribution in [2.45, 2.75) is 0 Å². The summed E-state index contributed by atoms with van der Waals surface area (Å²) >= 11 is 0. The smallest absolute Gasteiger partial charge is 0.141 e. The predicted molar refractivity (Wildman–Crippen MR) is 50.5 cm³/mol. The van der Waals surface area contributed by atoms with E-state index in [0.717, 1.165) is 0 Å². The Morgan fingerprint density at radius 3 is 2.93 bits per heavy atom. The van der Waals surface area contributed by atoms with Gasteiger partial charge in [-0.25, -0.2) is 9.37 Å². The van der Waals surface area contributed by atoms with Gasteiger partial charge >= 0.3 is 0 Å². The number of hydrogen-bond donors (Lipinski definition) is 1. The molecule has 0 bridgehead atoms. The fraction of sp³-hybridized carbons (Fsp3) is 0.100. The number of nitrogens with one attached hydrogen (secondary N) is 1. The molecule has 3 nitrogen and oxygen atoms in total. The molecule has 0 saturated heterocycles. The normalized spacial score (nSPS) is 10.1. The van der Waals surface area contributed by atoms with Crippen LogP contribution in [0, 0.1) is 5.82 Å². The molecule has 0 aliphatic carbocycles. The summed E-state index contributed by atoms with van der Waals surface area (Å²) in [5, 5.41) is 0. The highest BCUT2D eigenvalue weighted by molar-refractivity contribution is 5.63. The van der Waals surface area contributed by atoms with Crippen LogP contribution in [-0.2, 0) is 0 Å². The van der Waals surface area contributed by atoms with Gasteiger partial charge in [-0.2, -0.15) is 0 Å². The molecular formula is C10H9FN2O. The van der Waals surface area contributed by atoms with E-state index in [4.69, 9.17) is 4.74 Å². The maximum Gasteiger partial charge on any atom is 0.141 e. The number of ether oxygens (including phenoxy) is 1. The number of methoxy groups -OCH3 is 1. The first kappa shape index (κ1) is 8.74. The molecule has 4 heteroatoms. The summed E-state index contributed by atoms with van der Waals surface area (Å²) in [6.07, 6.45) is 3.29. The summed E-state index contributed by atoms with van der Waals surface area (Å²) in [6, 6.07) is 4.32. The Bertz CT molecular complexity index is 426. The van der Waals surface area contributed by atoms with E-state index in [2.05, 4.69) is 9.97 Å². The van der Waals surface area contributed by atoms with Crippen molar-refractivity contribution in [3.05, 3.63) is 36.4 Å². The van der Waals surface area contributed by atoms with Gasteiger partial charge in [-0.3, -0.25) is 0 Å². The van der Waals surface area contributed by atoms with E-state index < -0.39 is 0 Å². The summed E-state index contributed by atoms with van der Waals surface area (Å²) in [4.78, 5) is 6.93. The van der Waals surface area contributed by atoms with Gasteiger partial charge in [0.25, 0.3) is 0 Å². The molecule has 0 amide bonds. The van der Waals surface area contributed by atoms with Crippen LogP contribution in [0.3, 0.4) is 0 Å². The number of rotatable bonds is 2. The Balaban J connectivity index is 2.55. The van der Waals surface area contributed by atoms with Crippen LogP contribution in [0.1, 0.15) is 0 Å². The summed E-state index contributed by atoms with van der Waals surface area (Å²) < 4.78 is 18.1. The highest BCUT2D eigenvalue weighted by atomic mass is 19.1. The zero-order valence-corrected chi connectivity index (χ0v) is 7.62. The number of imidazole rings is 1. The largest absolute Gasteiger partial charge is 0.496 e. The molecule has 0 radical (unpaired) electrons. The lowest BCUT2D eigenvalue weighted by atomic mass is 10.2. The Morgan fingerprint density at radius 1 is 1.43 bits per heavy atom. The summed E-state index contributed by atoms with van der Waals surface area (Å²) in [5.41, 5.74) is 0.623. The molecule has 72 valence electrons. The minimum Gasteiger partial charge on any atom is -0.496 e. The van der Waals surface area contributed by atoms with Crippen molar-refractivity contribution in [3.63, 3.8) is 0 Å². The SMILES string of the molecule is COc1ccc(F)cc1-c1ncc[nH]1. The summed E-state index contributed by atoms with van der Waals surface area (Å²) in [6.45, 7) is 0. The monoisotopic (exact) mass is 192 g/mol. The highest BCUT2D eigenvalue weighted by Gasteiger charge is 2.08. The fourth-order valence-electron chi connectivity index (χ4n) is 1.28. The predicted octanol–water partition coefficient (Wildman–Crippen LogP) is 2.22. The van der Waals surface area contributed by atoms with Crippen molar-refractivity contribution in [1.29, 1.82) is 0 Å². The van der Waals surface area contributed by atoms with E-state index in [1.54, 1.807) is 25.6 Å². The Hall–Kier alpha value is -1.84. The molecule has 2 aromatic rings. The van der Waals surface area contributed by atoms with Crippen molar-refractivity contribution in [2.24, 2.45) is 0 Å². The first-order valence-corrected chi connectivity index (χ1v) is 4.14. The van der Waals surface area contributed by atoms with E-state index in [1.807, 2.05) is 0 Å². The number of benzene rings is 1. The van der Waals surface area contributed by atoms with Crippen molar-refractivity contribution in [3.8, 4) is 17.1 Å². The Morgan fingerprint density at radius 2 is 2.29 bits per heavy atom. The van der Waals surface area contributed by atoms with Gasteiger partial charge in [-0.05, 0) is 18.2 Å². The van der Waals surface area contributed by atoms with Crippen molar-refractivity contribution in [2.75, 3.05) is 7.11 Å². The molecule has 1 N–H and O–H groups in total. The second-order valence-electron chi connectivity index (χ2n) is 2.78. The van der Waals surface area contributed by atoms with Gasteiger partial charge in [-0.15, -0.1) is 0 Å². The van der Waals surface area contributed by atoms with Crippen LogP contribution in [0.2, 0.25) is 0 Å². The molecule has 1 aromatic heterocycles. The molecule has 0 spiro atoms. The minimum atomic E-state index is -0.308. The van der Waals surface area contributed by atoms with Crippen LogP contribution < -0.4 is 4.74 Å². The number of nitrogens with zero attached hydrogens (tertiary/aromatic N) is 1. The zero-order valence-electron chi connectivity index (χ0n) is 7.62. The molecule has 14 heavy (non-hydrogen) atoms. The first-order valence-electron chi connectivity index (χ1n) is 4.14. The molecular weight excluding hydrogens is 183 g/mol. The van der Waals surface area contributed by atoms with Gasteiger partial charge in [0, 0.05) is 12.4 Å². The van der Waals surface area contributed by atoms with Gasteiger partial charge in [0.15, 0.2) is 0 Å². The molecule has 0 unspecified atom stereocenters. The van der Waals surface area contributed by atoms with Crippen molar-refractivity contribution in [1.82, 2.24) is 9.97 Å². The summed E-state index contributed by atoms with van der Waals surface area (Å²) in [7, 11) is 1.54. The average Bonchev–Trinajstić information content (AvgIpc) is 2.70. The van der Waals surface area contributed by atoms with E-state index in [1.165, 1.54) is 12.1 Å². The first-order chi connectivity index (χ1) is 6.81. The highest BCUT2D eigenvalue weighted by Crippen LogP contribution is 2.27. The van der Waals surface area contributed by atoms with Crippen LogP contribution >= 0.6 is 0 Å². The third kappa shape index (κ3) is 1.46. The fourth-order valence-corrected chi connectivity index (χ4v) is 1.28. The van der Waals surface area contributed by atoms with Gasteiger partial charge < -0.3 is 9.72 Å². The lowest BCUT2D eigenvalue weighted by Gasteiger charge is -2.05. The van der Waals surface area contributed by atoms with E-state index in [-0.39, 0.29) is 5.82 Å². The molecule has 2 rings (SSSR count). The van der Waals surface area contributed by atoms with Gasteiger partial charge in [-0.1, -0.05) is 0 Å². The van der Waals surface area contributed by atoms with Crippen LogP contribution in [-0.4, -0.2) is 17.1 Å². The lowest BCUT2D eigenvalue weighted by Crippen LogP contribution is -1.90. The molecule has 0 saturated carbocycles. The molecule has 1 aromatic carbocycles. The van der Waals surface area contributed by atoms with Crippen LogP contribution in [0.25, 0.3) is 11.4 Å². The third-order valence-corrected chi connectivity index (χ3v) is 1.91. The summed E-state index contributed by atoms with van der Waals surface area (Å²) in [5.74, 6) is 0.889. The molecule has 0 fully saturated rings. The molecule has 0 aliphatic rings. The topological polar surface area (TPSA) is 37.9 Å². The van der Waals surface area contributed by atoms with Gasteiger partial charge in [0.2, 0.25) is 0 Å². The Kier molecular flexibility index (Phi) is 2.18. The standard InChI is InChI=1S/C10H9FN2O/c1-14-9-3-2-7(11)6-8(9)10-12-4-5-13-10/h2-6H,1H3,(H,12,13). The van der Waals surface area contributed by atoms with E-state index in [9.17, 15) is 4.39 Å². The second kappa shape index (κ2) is 3.49. The number of aromatic nitrogens is 2. The number of H-pyrrole nitrogens is 1. The quantitative estimate of drug-likeness (QED) is 0.792. The van der Waals surface area contributed by atoms with Crippen LogP contribution in [0.15, 0.2) is 30.6 Å². The average molecular weight is 192 g/mol. The maximum absolute atomic E-state index is 13.0. The Labute approximate surface area is 80.6 Å². The maximum atomic E-state index is 13.0. The van der Waals surface area contributed by atoms with Crippen LogP contribution in [0.4, 0.5) is 4.39 Å². The van der Waals surface area contributed by atoms with Crippen molar-refractivity contribution >= 4 is 0 Å². The molecule has 1 heterocycles. The number of halogens is 1. The lowest BCUT2D eigenvalue weighted by molar-refractivity contribution is 0.415. The van der Waals surface area contributed by atoms with Crippen LogP contribution in [0.5, 0.6) is 5.75 Å². The zero-order chi connectivity index (χ0) is 9.97. The molecule has 0 aliphatic heterocycles. The van der Waals surface area contributed by atoms with Gasteiger partial charge in [0.1, 0.15) is 17.4 Å². The second-order valence-corrected chi connectivity index (χ2v) is 2.78.